The van der Waals surface area contributed by atoms with Crippen LogP contribution in [0.25, 0.3) is 0 Å². The molecule has 4 heterocycles. The lowest BCUT2D eigenvalue weighted by Crippen LogP contribution is -2.35. The Morgan fingerprint density at radius 2 is 2.11 bits per heavy atom. The molecule has 0 amide bonds. The summed E-state index contributed by atoms with van der Waals surface area (Å²) in [4.78, 5) is 16.8. The number of piperidine rings is 1. The van der Waals surface area contributed by atoms with E-state index in [9.17, 15) is 4.79 Å². The number of carbonyl (C=O) groups is 1. The van der Waals surface area contributed by atoms with Crippen molar-refractivity contribution >= 4 is 17.1 Å². The van der Waals surface area contributed by atoms with Crippen LogP contribution in [0.2, 0.25) is 0 Å². The van der Waals surface area contributed by atoms with E-state index in [0.29, 0.717) is 6.04 Å². The van der Waals surface area contributed by atoms with Gasteiger partial charge in [0, 0.05) is 55.4 Å². The van der Waals surface area contributed by atoms with Gasteiger partial charge in [-0.3, -0.25) is 4.79 Å². The zero-order valence-electron chi connectivity index (χ0n) is 10.4. The molecule has 4 rings (SSSR count). The fourth-order valence-electron chi connectivity index (χ4n) is 2.77. The molecule has 0 unspecified atom stereocenters. The van der Waals surface area contributed by atoms with E-state index in [2.05, 4.69) is 9.80 Å². The van der Waals surface area contributed by atoms with Crippen LogP contribution in [-0.4, -0.2) is 47.8 Å². The molecule has 3 aliphatic heterocycles. The highest BCUT2D eigenvalue weighted by Crippen LogP contribution is 2.21. The number of hydrogen-bond acceptors (Lipinski definition) is 4. The maximum Gasteiger partial charge on any atom is 0.188 e. The predicted octanol–water partition coefficient (Wildman–Crippen LogP) is 2.22. The summed E-state index contributed by atoms with van der Waals surface area (Å²) < 4.78 is 0. The third-order valence-corrected chi connectivity index (χ3v) is 4.61. The van der Waals surface area contributed by atoms with Gasteiger partial charge in [-0.15, -0.1) is 0 Å². The van der Waals surface area contributed by atoms with Crippen molar-refractivity contribution in [3.63, 3.8) is 0 Å². The van der Waals surface area contributed by atoms with Crippen LogP contribution >= 0.6 is 11.3 Å². The van der Waals surface area contributed by atoms with Gasteiger partial charge in [-0.1, -0.05) is 0 Å². The Balaban J connectivity index is 1.66. The number of fused-ring (bicyclic) bond motifs is 4. The third-order valence-electron chi connectivity index (χ3n) is 3.92. The minimum absolute atomic E-state index is 0.121. The molecule has 96 valence electrons. The van der Waals surface area contributed by atoms with Crippen molar-refractivity contribution in [1.82, 2.24) is 9.80 Å². The topological polar surface area (TPSA) is 23.6 Å². The quantitative estimate of drug-likeness (QED) is 0.616. The molecule has 3 aliphatic rings. The molecule has 0 spiro atoms. The van der Waals surface area contributed by atoms with Gasteiger partial charge in [-0.05, 0) is 24.3 Å². The Morgan fingerprint density at radius 3 is 2.83 bits per heavy atom. The average molecular weight is 262 g/mol. The van der Waals surface area contributed by atoms with E-state index >= 15 is 0 Å². The summed E-state index contributed by atoms with van der Waals surface area (Å²) in [6, 6.07) is 2.52. The molecule has 0 saturated carbocycles. The predicted molar refractivity (Wildman–Crippen MR) is 74.0 cm³/mol. The summed E-state index contributed by atoms with van der Waals surface area (Å²) in [5.74, 6) is 0.121. The van der Waals surface area contributed by atoms with Gasteiger partial charge in [-0.2, -0.15) is 11.3 Å². The molecular weight excluding hydrogens is 244 g/mol. The van der Waals surface area contributed by atoms with Crippen LogP contribution in [0.15, 0.2) is 29.1 Å². The van der Waals surface area contributed by atoms with Crippen molar-refractivity contribution in [1.29, 1.82) is 0 Å². The lowest BCUT2D eigenvalue weighted by atomic mass is 10.1. The molecule has 4 heteroatoms. The van der Waals surface area contributed by atoms with Gasteiger partial charge in [0.2, 0.25) is 0 Å². The first-order chi connectivity index (χ1) is 8.83. The zero-order valence-corrected chi connectivity index (χ0v) is 11.2. The third kappa shape index (κ3) is 2.49. The van der Waals surface area contributed by atoms with Crippen LogP contribution in [0.3, 0.4) is 0 Å². The second-order valence-corrected chi connectivity index (χ2v) is 5.78. The normalized spacial score (nSPS) is 27.7. The Labute approximate surface area is 112 Å². The fourth-order valence-corrected chi connectivity index (χ4v) is 3.42. The molecule has 0 aliphatic carbocycles. The molecule has 0 aromatic carbocycles. The summed E-state index contributed by atoms with van der Waals surface area (Å²) >= 11 is 1.57. The number of thiophene rings is 1. The van der Waals surface area contributed by atoms with Crippen molar-refractivity contribution in [3.05, 3.63) is 34.7 Å². The highest BCUT2D eigenvalue weighted by Gasteiger charge is 2.26. The smallest absolute Gasteiger partial charge is 0.188 e. The Bertz CT molecular complexity index is 433. The van der Waals surface area contributed by atoms with Crippen molar-refractivity contribution in [3.8, 4) is 0 Å². The fraction of sp³-hybridized carbons (Fsp3) is 0.500. The van der Waals surface area contributed by atoms with E-state index in [1.165, 1.54) is 25.9 Å². The highest BCUT2D eigenvalue weighted by atomic mass is 32.1. The van der Waals surface area contributed by atoms with Crippen LogP contribution in [-0.2, 0) is 0 Å². The van der Waals surface area contributed by atoms with Gasteiger partial charge in [0.25, 0.3) is 0 Å². The van der Waals surface area contributed by atoms with E-state index in [1.807, 2.05) is 23.0 Å². The largest absolute Gasteiger partial charge is 0.373 e. The minimum Gasteiger partial charge on any atom is -0.373 e. The van der Waals surface area contributed by atoms with Crippen LogP contribution in [0.4, 0.5) is 0 Å². The Morgan fingerprint density at radius 1 is 1.28 bits per heavy atom. The van der Waals surface area contributed by atoms with E-state index in [-0.39, 0.29) is 5.78 Å². The minimum atomic E-state index is 0.121. The molecule has 18 heavy (non-hydrogen) atoms. The van der Waals surface area contributed by atoms with E-state index in [0.717, 1.165) is 18.7 Å². The van der Waals surface area contributed by atoms with Gasteiger partial charge in [0.05, 0.1) is 0 Å². The number of nitrogens with zero attached hydrogens (tertiary/aromatic N) is 2. The van der Waals surface area contributed by atoms with Crippen LogP contribution in [0.5, 0.6) is 0 Å². The monoisotopic (exact) mass is 262 g/mol. The van der Waals surface area contributed by atoms with Gasteiger partial charge < -0.3 is 9.80 Å². The maximum atomic E-state index is 11.9. The summed E-state index contributed by atoms with van der Waals surface area (Å²) in [5.41, 5.74) is 0.805. The molecule has 1 aromatic heterocycles. The van der Waals surface area contributed by atoms with E-state index in [1.54, 1.807) is 17.4 Å². The van der Waals surface area contributed by atoms with Gasteiger partial charge in [-0.25, -0.2) is 0 Å². The van der Waals surface area contributed by atoms with Crippen LogP contribution in [0, 0.1) is 0 Å². The molecule has 3 nitrogen and oxygen atoms in total. The first kappa shape index (κ1) is 11.9. The molecule has 1 aromatic rings. The Hall–Kier alpha value is -1.13. The Kier molecular flexibility index (Phi) is 3.48. The lowest BCUT2D eigenvalue weighted by molar-refractivity contribution is 0.104. The van der Waals surface area contributed by atoms with Gasteiger partial charge >= 0.3 is 0 Å². The summed E-state index contributed by atoms with van der Waals surface area (Å²) in [6.07, 6.45) is 6.21. The van der Waals surface area contributed by atoms with Gasteiger partial charge in [0.1, 0.15) is 0 Å². The summed E-state index contributed by atoms with van der Waals surface area (Å²) in [6.45, 7) is 4.62. The number of ketones is 1. The van der Waals surface area contributed by atoms with Crippen molar-refractivity contribution in [2.75, 3.05) is 26.2 Å². The molecule has 3 saturated heterocycles. The summed E-state index contributed by atoms with van der Waals surface area (Å²) in [5, 5.41) is 3.86. The van der Waals surface area contributed by atoms with Crippen molar-refractivity contribution < 1.29 is 4.79 Å². The average Bonchev–Trinajstić information content (AvgIpc) is 2.80. The van der Waals surface area contributed by atoms with Gasteiger partial charge in [0.15, 0.2) is 5.78 Å². The van der Waals surface area contributed by atoms with Crippen LogP contribution < -0.4 is 0 Å². The molecule has 0 N–H and O–H groups in total. The highest BCUT2D eigenvalue weighted by molar-refractivity contribution is 7.08. The number of hydrogen-bond donors (Lipinski definition) is 0. The molecular formula is C14H18N2OS. The molecule has 2 bridgehead atoms. The zero-order chi connectivity index (χ0) is 12.4. The number of allylic oxidation sites excluding steroid dienone is 1. The number of carbonyl (C=O) groups excluding carboxylic acids is 1. The molecule has 0 radical (unpaired) electrons. The van der Waals surface area contributed by atoms with E-state index in [4.69, 9.17) is 0 Å². The first-order valence-electron chi connectivity index (χ1n) is 6.56. The van der Waals surface area contributed by atoms with Crippen molar-refractivity contribution in [2.24, 2.45) is 0 Å². The standard InChI is InChI=1S/C14H18N2OS/c17-14(12-4-10-18-11-12)3-7-16-9-8-15-5-1-13(16)2-6-15/h3-4,7,10-11,13H,1-2,5-6,8-9H2. The second-order valence-electron chi connectivity index (χ2n) is 5.00. The van der Waals surface area contributed by atoms with E-state index < -0.39 is 0 Å². The number of rotatable bonds is 3. The SMILES string of the molecule is O=C(C=CN1CCN2CCC1CC2)c1ccsc1. The van der Waals surface area contributed by atoms with Crippen molar-refractivity contribution in [2.45, 2.75) is 18.9 Å². The lowest BCUT2D eigenvalue weighted by Gasteiger charge is -2.30. The second kappa shape index (κ2) is 5.24. The summed E-state index contributed by atoms with van der Waals surface area (Å²) in [7, 11) is 0. The maximum absolute atomic E-state index is 11.9. The van der Waals surface area contributed by atoms with Crippen LogP contribution in [0.1, 0.15) is 23.2 Å². The molecule has 0 atom stereocenters. The molecule has 3 fully saturated rings. The first-order valence-corrected chi connectivity index (χ1v) is 7.50.